The van der Waals surface area contributed by atoms with Crippen LogP contribution in [0.4, 0.5) is 17.6 Å². The zero-order chi connectivity index (χ0) is 17.8. The van der Waals surface area contributed by atoms with Crippen LogP contribution >= 0.6 is 11.8 Å². The summed E-state index contributed by atoms with van der Waals surface area (Å²) in [5.74, 6) is 0.517. The van der Waals surface area contributed by atoms with Crippen LogP contribution in [-0.4, -0.2) is 15.0 Å². The third kappa shape index (κ3) is 4.25. The van der Waals surface area contributed by atoms with Gasteiger partial charge in [0, 0.05) is 10.6 Å². The van der Waals surface area contributed by atoms with Gasteiger partial charge >= 0.3 is 0 Å². The van der Waals surface area contributed by atoms with E-state index in [2.05, 4.69) is 52.3 Å². The van der Waals surface area contributed by atoms with Gasteiger partial charge in [-0.1, -0.05) is 17.7 Å². The largest absolute Gasteiger partial charge is 0.368 e. The molecule has 0 saturated heterocycles. The second-order valence-corrected chi connectivity index (χ2v) is 6.49. The predicted molar refractivity (Wildman–Crippen MR) is 98.7 cm³/mol. The van der Waals surface area contributed by atoms with Gasteiger partial charge in [0.2, 0.25) is 11.9 Å². The molecular weight excluding hydrogens is 332 g/mol. The number of hydrogen-bond acceptors (Lipinski definition) is 7. The summed E-state index contributed by atoms with van der Waals surface area (Å²) in [6.07, 6.45) is 0. The van der Waals surface area contributed by atoms with Crippen LogP contribution in [0.1, 0.15) is 16.7 Å². The molecule has 6 nitrogen and oxygen atoms in total. The van der Waals surface area contributed by atoms with Crippen molar-refractivity contribution in [2.75, 3.05) is 11.1 Å². The normalized spacial score (nSPS) is 10.3. The van der Waals surface area contributed by atoms with Gasteiger partial charge < -0.3 is 11.1 Å². The molecule has 3 rings (SSSR count). The Morgan fingerprint density at radius 1 is 1.04 bits per heavy atom. The maximum absolute atomic E-state index is 8.85. The fourth-order valence-corrected chi connectivity index (χ4v) is 3.07. The van der Waals surface area contributed by atoms with Crippen LogP contribution < -0.4 is 11.1 Å². The van der Waals surface area contributed by atoms with Crippen molar-refractivity contribution in [2.45, 2.75) is 23.9 Å². The van der Waals surface area contributed by atoms with E-state index >= 15 is 0 Å². The molecule has 0 unspecified atom stereocenters. The zero-order valence-electron chi connectivity index (χ0n) is 13.8. The predicted octanol–water partition coefficient (Wildman–Crippen LogP) is 3.84. The monoisotopic (exact) mass is 348 g/mol. The number of aryl methyl sites for hydroxylation is 2. The van der Waals surface area contributed by atoms with Gasteiger partial charge in [-0.25, -0.2) is 0 Å². The fourth-order valence-electron chi connectivity index (χ4n) is 2.24. The molecule has 1 aromatic heterocycles. The molecule has 0 amide bonds. The second kappa shape index (κ2) is 7.20. The summed E-state index contributed by atoms with van der Waals surface area (Å²) in [5, 5.41) is 12.5. The molecule has 0 bridgehead atoms. The highest BCUT2D eigenvalue weighted by Gasteiger charge is 2.09. The van der Waals surface area contributed by atoms with E-state index in [-0.39, 0.29) is 5.95 Å². The lowest BCUT2D eigenvalue weighted by atomic mass is 10.2. The van der Waals surface area contributed by atoms with Crippen molar-refractivity contribution in [1.29, 1.82) is 5.26 Å². The van der Waals surface area contributed by atoms with Gasteiger partial charge in [-0.05, 0) is 61.5 Å². The Labute approximate surface area is 150 Å². The summed E-state index contributed by atoms with van der Waals surface area (Å²) in [7, 11) is 0. The molecule has 0 fully saturated rings. The first-order valence-corrected chi connectivity index (χ1v) is 8.39. The molecule has 0 spiro atoms. The molecule has 7 heteroatoms. The topological polar surface area (TPSA) is 101 Å². The Bertz CT molecular complexity index is 947. The summed E-state index contributed by atoms with van der Waals surface area (Å²) in [6, 6.07) is 15.3. The molecule has 1 heterocycles. The number of nitrogens with zero attached hydrogens (tertiary/aromatic N) is 4. The van der Waals surface area contributed by atoms with Gasteiger partial charge in [0.15, 0.2) is 5.16 Å². The maximum Gasteiger partial charge on any atom is 0.233 e. The number of nitrogen functional groups attached to an aromatic ring is 1. The lowest BCUT2D eigenvalue weighted by Crippen LogP contribution is -2.04. The highest BCUT2D eigenvalue weighted by atomic mass is 32.2. The maximum atomic E-state index is 8.85. The third-order valence-corrected chi connectivity index (χ3v) is 4.48. The van der Waals surface area contributed by atoms with Gasteiger partial charge in [0.25, 0.3) is 0 Å². The highest BCUT2D eigenvalue weighted by molar-refractivity contribution is 7.99. The smallest absolute Gasteiger partial charge is 0.233 e. The van der Waals surface area contributed by atoms with Gasteiger partial charge in [0.05, 0.1) is 11.6 Å². The van der Waals surface area contributed by atoms with Crippen LogP contribution in [0.3, 0.4) is 0 Å². The fraction of sp³-hybridized carbons (Fsp3) is 0.111. The quantitative estimate of drug-likeness (QED) is 0.738. The van der Waals surface area contributed by atoms with Crippen LogP contribution in [0.5, 0.6) is 0 Å². The Balaban J connectivity index is 1.83. The van der Waals surface area contributed by atoms with E-state index in [1.807, 2.05) is 6.07 Å². The number of nitriles is 1. The second-order valence-electron chi connectivity index (χ2n) is 5.48. The molecule has 3 aromatic rings. The van der Waals surface area contributed by atoms with Crippen LogP contribution in [-0.2, 0) is 0 Å². The Hall–Kier alpha value is -3.11. The van der Waals surface area contributed by atoms with E-state index in [0.717, 1.165) is 16.1 Å². The molecule has 0 aliphatic carbocycles. The van der Waals surface area contributed by atoms with E-state index in [9.17, 15) is 0 Å². The Kier molecular flexibility index (Phi) is 4.82. The molecular formula is C18H16N6S. The number of aromatic nitrogens is 3. The van der Waals surface area contributed by atoms with E-state index in [4.69, 9.17) is 11.0 Å². The number of rotatable bonds is 4. The van der Waals surface area contributed by atoms with Gasteiger partial charge in [-0.15, -0.1) is 0 Å². The minimum atomic E-state index is 0.151. The summed E-state index contributed by atoms with van der Waals surface area (Å²) in [5.41, 5.74) is 9.54. The molecule has 0 radical (unpaired) electrons. The van der Waals surface area contributed by atoms with Crippen LogP contribution in [0, 0.1) is 25.2 Å². The standard InChI is InChI=1S/C18H16N6S/c1-11-3-8-15(12(2)9-11)25-18-23-16(20)22-17(24-18)21-14-6-4-13(10-19)5-7-14/h3-9H,1-2H3,(H3,20,21,22,23,24). The van der Waals surface area contributed by atoms with E-state index in [1.54, 1.807) is 24.3 Å². The van der Waals surface area contributed by atoms with Crippen molar-refractivity contribution in [3.8, 4) is 6.07 Å². The third-order valence-electron chi connectivity index (χ3n) is 3.43. The molecule has 0 aliphatic rings. The SMILES string of the molecule is Cc1ccc(Sc2nc(N)nc(Nc3ccc(C#N)cc3)n2)c(C)c1. The van der Waals surface area contributed by atoms with Crippen LogP contribution in [0.2, 0.25) is 0 Å². The molecule has 0 saturated carbocycles. The average molecular weight is 348 g/mol. The van der Waals surface area contributed by atoms with Crippen molar-refractivity contribution in [3.05, 3.63) is 59.2 Å². The van der Waals surface area contributed by atoms with Gasteiger partial charge in [-0.3, -0.25) is 0 Å². The number of benzene rings is 2. The number of nitrogens with one attached hydrogen (secondary N) is 1. The first-order valence-electron chi connectivity index (χ1n) is 7.57. The van der Waals surface area contributed by atoms with Crippen molar-refractivity contribution < 1.29 is 0 Å². The van der Waals surface area contributed by atoms with E-state index < -0.39 is 0 Å². The number of anilines is 3. The molecule has 2 aromatic carbocycles. The molecule has 3 N–H and O–H groups in total. The summed E-state index contributed by atoms with van der Waals surface area (Å²) < 4.78 is 0. The first kappa shape index (κ1) is 16.7. The van der Waals surface area contributed by atoms with Crippen molar-refractivity contribution in [2.24, 2.45) is 0 Å². The summed E-state index contributed by atoms with van der Waals surface area (Å²) >= 11 is 1.44. The van der Waals surface area contributed by atoms with Crippen molar-refractivity contribution >= 4 is 29.3 Å². The highest BCUT2D eigenvalue weighted by Crippen LogP contribution is 2.29. The Morgan fingerprint density at radius 2 is 1.80 bits per heavy atom. The van der Waals surface area contributed by atoms with Gasteiger partial charge in [0.1, 0.15) is 0 Å². The van der Waals surface area contributed by atoms with E-state index in [0.29, 0.717) is 16.7 Å². The molecule has 0 atom stereocenters. The summed E-state index contributed by atoms with van der Waals surface area (Å²) in [6.45, 7) is 4.11. The summed E-state index contributed by atoms with van der Waals surface area (Å²) in [4.78, 5) is 13.8. The van der Waals surface area contributed by atoms with Crippen LogP contribution in [0.15, 0.2) is 52.5 Å². The van der Waals surface area contributed by atoms with E-state index in [1.165, 1.54) is 17.3 Å². The van der Waals surface area contributed by atoms with Crippen LogP contribution in [0.25, 0.3) is 0 Å². The molecule has 25 heavy (non-hydrogen) atoms. The van der Waals surface area contributed by atoms with Crippen molar-refractivity contribution in [1.82, 2.24) is 15.0 Å². The minimum absolute atomic E-state index is 0.151. The van der Waals surface area contributed by atoms with Gasteiger partial charge in [-0.2, -0.15) is 20.2 Å². The number of nitrogens with two attached hydrogens (primary N) is 1. The molecule has 124 valence electrons. The van der Waals surface area contributed by atoms with Crippen molar-refractivity contribution in [3.63, 3.8) is 0 Å². The zero-order valence-corrected chi connectivity index (χ0v) is 14.6. The lowest BCUT2D eigenvalue weighted by Gasteiger charge is -2.08. The Morgan fingerprint density at radius 3 is 2.48 bits per heavy atom. The number of hydrogen-bond donors (Lipinski definition) is 2. The minimum Gasteiger partial charge on any atom is -0.368 e. The molecule has 0 aliphatic heterocycles. The lowest BCUT2D eigenvalue weighted by molar-refractivity contribution is 0.924. The first-order chi connectivity index (χ1) is 12.0. The average Bonchev–Trinajstić information content (AvgIpc) is 2.58.